The second-order valence-corrected chi connectivity index (χ2v) is 5.14. The maximum atomic E-state index is 13.0. The number of carbonyl (C=O) groups excluding carboxylic acids is 2. The molecule has 2 aromatic rings. The van der Waals surface area contributed by atoms with E-state index >= 15 is 0 Å². The minimum Gasteiger partial charge on any atom is -0.460 e. The van der Waals surface area contributed by atoms with Crippen LogP contribution in [0.5, 0.6) is 0 Å². The van der Waals surface area contributed by atoms with Crippen molar-refractivity contribution in [1.82, 2.24) is 5.32 Å². The molecule has 2 aromatic carbocycles. The third kappa shape index (κ3) is 5.05. The van der Waals surface area contributed by atoms with Gasteiger partial charge in [-0.05, 0) is 29.8 Å². The first kappa shape index (κ1) is 17.4. The first-order valence-electron chi connectivity index (χ1n) is 7.48. The highest BCUT2D eigenvalue weighted by Crippen LogP contribution is 2.08. The summed E-state index contributed by atoms with van der Waals surface area (Å²) in [6.45, 7) is 3.56. The summed E-state index contributed by atoms with van der Waals surface area (Å²) in [4.78, 5) is 24.5. The number of hydrogen-bond acceptors (Lipinski definition) is 3. The molecule has 0 aliphatic heterocycles. The molecule has 24 heavy (non-hydrogen) atoms. The van der Waals surface area contributed by atoms with Crippen LogP contribution in [0.3, 0.4) is 0 Å². The van der Waals surface area contributed by atoms with Gasteiger partial charge in [0.25, 0.3) is 5.91 Å². The lowest BCUT2D eigenvalue weighted by atomic mass is 10.1. The van der Waals surface area contributed by atoms with E-state index in [9.17, 15) is 14.0 Å². The van der Waals surface area contributed by atoms with E-state index in [1.54, 1.807) is 0 Å². The zero-order valence-corrected chi connectivity index (χ0v) is 13.1. The van der Waals surface area contributed by atoms with Crippen molar-refractivity contribution < 1.29 is 18.7 Å². The highest BCUT2D eigenvalue weighted by Gasteiger charge is 2.23. The van der Waals surface area contributed by atoms with Crippen LogP contribution in [-0.4, -0.2) is 24.5 Å². The molecule has 1 amide bonds. The number of carbonyl (C=O) groups is 2. The molecule has 0 aromatic heterocycles. The number of hydrogen-bond donors (Lipinski definition) is 1. The second kappa shape index (κ2) is 8.62. The molecule has 124 valence electrons. The van der Waals surface area contributed by atoms with Gasteiger partial charge in [0.1, 0.15) is 18.5 Å². The summed E-state index contributed by atoms with van der Waals surface area (Å²) < 4.78 is 18.0. The molecule has 1 N–H and O–H groups in total. The predicted molar refractivity (Wildman–Crippen MR) is 89.0 cm³/mol. The van der Waals surface area contributed by atoms with Gasteiger partial charge in [-0.1, -0.05) is 43.0 Å². The Morgan fingerprint density at radius 2 is 1.79 bits per heavy atom. The molecule has 0 bridgehead atoms. The van der Waals surface area contributed by atoms with Gasteiger partial charge in [0, 0.05) is 12.0 Å². The molecule has 0 unspecified atom stereocenters. The lowest BCUT2D eigenvalue weighted by molar-refractivity contribution is -0.144. The lowest BCUT2D eigenvalue weighted by Gasteiger charge is -2.17. The van der Waals surface area contributed by atoms with E-state index in [1.165, 1.54) is 30.3 Å². The van der Waals surface area contributed by atoms with E-state index in [4.69, 9.17) is 4.74 Å². The summed E-state index contributed by atoms with van der Waals surface area (Å²) in [5, 5.41) is 2.64. The van der Waals surface area contributed by atoms with E-state index in [0.717, 1.165) is 5.56 Å². The monoisotopic (exact) mass is 327 g/mol. The number of rotatable bonds is 7. The lowest BCUT2D eigenvalue weighted by Crippen LogP contribution is -2.43. The molecule has 0 aliphatic rings. The van der Waals surface area contributed by atoms with E-state index in [-0.39, 0.29) is 12.2 Å². The standard InChI is InChI=1S/C19H18FNO3/c1-2-12-24-19(23)17(13-14-6-4-3-5-7-14)21-18(22)15-8-10-16(20)11-9-15/h2-11,17H,1,12-13H2,(H,21,22)/t17-/m1/s1. The third-order valence-corrected chi connectivity index (χ3v) is 3.32. The Morgan fingerprint density at radius 3 is 2.42 bits per heavy atom. The Morgan fingerprint density at radius 1 is 1.12 bits per heavy atom. The van der Waals surface area contributed by atoms with Crippen molar-refractivity contribution in [1.29, 1.82) is 0 Å². The molecule has 2 rings (SSSR count). The average Bonchev–Trinajstić information content (AvgIpc) is 2.60. The fourth-order valence-electron chi connectivity index (χ4n) is 2.13. The van der Waals surface area contributed by atoms with Crippen LogP contribution in [0.4, 0.5) is 4.39 Å². The van der Waals surface area contributed by atoms with Crippen molar-refractivity contribution in [3.05, 3.63) is 84.2 Å². The van der Waals surface area contributed by atoms with E-state index in [1.807, 2.05) is 30.3 Å². The quantitative estimate of drug-likeness (QED) is 0.628. The molecular weight excluding hydrogens is 309 g/mol. The zero-order valence-electron chi connectivity index (χ0n) is 13.1. The van der Waals surface area contributed by atoms with Crippen molar-refractivity contribution in [2.45, 2.75) is 12.5 Å². The van der Waals surface area contributed by atoms with Crippen LogP contribution in [0.1, 0.15) is 15.9 Å². The number of ether oxygens (including phenoxy) is 1. The third-order valence-electron chi connectivity index (χ3n) is 3.32. The molecule has 0 fully saturated rings. The normalized spacial score (nSPS) is 11.4. The molecule has 1 atom stereocenters. The molecule has 0 saturated heterocycles. The highest BCUT2D eigenvalue weighted by atomic mass is 19.1. The van der Waals surface area contributed by atoms with Crippen LogP contribution in [0, 0.1) is 5.82 Å². The SMILES string of the molecule is C=CCOC(=O)[C@@H](Cc1ccccc1)NC(=O)c1ccc(F)cc1. The topological polar surface area (TPSA) is 55.4 Å². The Hall–Kier alpha value is -2.95. The predicted octanol–water partition coefficient (Wildman–Crippen LogP) is 2.90. The highest BCUT2D eigenvalue weighted by molar-refractivity contribution is 5.96. The van der Waals surface area contributed by atoms with Crippen LogP contribution in [0.2, 0.25) is 0 Å². The second-order valence-electron chi connectivity index (χ2n) is 5.14. The van der Waals surface area contributed by atoms with Gasteiger partial charge in [-0.25, -0.2) is 9.18 Å². The van der Waals surface area contributed by atoms with Gasteiger partial charge in [-0.15, -0.1) is 0 Å². The molecule has 0 radical (unpaired) electrons. The summed E-state index contributed by atoms with van der Waals surface area (Å²) in [6, 6.07) is 13.5. The first-order chi connectivity index (χ1) is 11.6. The molecular formula is C19H18FNO3. The van der Waals surface area contributed by atoms with Gasteiger partial charge in [0.15, 0.2) is 0 Å². The molecule has 0 heterocycles. The van der Waals surface area contributed by atoms with Gasteiger partial charge in [-0.3, -0.25) is 4.79 Å². The minimum absolute atomic E-state index is 0.0660. The van der Waals surface area contributed by atoms with Gasteiger partial charge < -0.3 is 10.1 Å². The van der Waals surface area contributed by atoms with Crippen LogP contribution in [-0.2, 0) is 16.0 Å². The van der Waals surface area contributed by atoms with E-state index in [2.05, 4.69) is 11.9 Å². The summed E-state index contributed by atoms with van der Waals surface area (Å²) in [6.07, 6.45) is 1.75. The Kier molecular flexibility index (Phi) is 6.25. The van der Waals surface area contributed by atoms with Crippen LogP contribution < -0.4 is 5.32 Å². The van der Waals surface area contributed by atoms with E-state index < -0.39 is 23.7 Å². The zero-order chi connectivity index (χ0) is 17.4. The maximum absolute atomic E-state index is 13.0. The van der Waals surface area contributed by atoms with Crippen LogP contribution in [0.25, 0.3) is 0 Å². The Bertz CT molecular complexity index is 698. The summed E-state index contributed by atoms with van der Waals surface area (Å²) >= 11 is 0. The van der Waals surface area contributed by atoms with Crippen molar-refractivity contribution in [3.8, 4) is 0 Å². The van der Waals surface area contributed by atoms with Crippen LogP contribution in [0.15, 0.2) is 67.3 Å². The van der Waals surface area contributed by atoms with Crippen molar-refractivity contribution in [2.75, 3.05) is 6.61 Å². The molecule has 5 heteroatoms. The van der Waals surface area contributed by atoms with Gasteiger partial charge in [0.2, 0.25) is 0 Å². The first-order valence-corrected chi connectivity index (χ1v) is 7.48. The fraction of sp³-hybridized carbons (Fsp3) is 0.158. The van der Waals surface area contributed by atoms with E-state index in [0.29, 0.717) is 6.42 Å². The van der Waals surface area contributed by atoms with Crippen LogP contribution >= 0.6 is 0 Å². The number of nitrogens with one attached hydrogen (secondary N) is 1. The smallest absolute Gasteiger partial charge is 0.329 e. The summed E-state index contributed by atoms with van der Waals surface area (Å²) in [5.41, 5.74) is 1.16. The van der Waals surface area contributed by atoms with Crippen molar-refractivity contribution >= 4 is 11.9 Å². The molecule has 0 spiro atoms. The Labute approximate surface area is 140 Å². The minimum atomic E-state index is -0.843. The largest absolute Gasteiger partial charge is 0.460 e. The number of benzene rings is 2. The Balaban J connectivity index is 2.12. The summed E-state index contributed by atoms with van der Waals surface area (Å²) in [7, 11) is 0. The van der Waals surface area contributed by atoms with Crippen molar-refractivity contribution in [2.24, 2.45) is 0 Å². The molecule has 0 saturated carbocycles. The maximum Gasteiger partial charge on any atom is 0.329 e. The van der Waals surface area contributed by atoms with Gasteiger partial charge in [0.05, 0.1) is 0 Å². The average molecular weight is 327 g/mol. The summed E-state index contributed by atoms with van der Waals surface area (Å²) in [5.74, 6) is -1.45. The number of amides is 1. The fourth-order valence-corrected chi connectivity index (χ4v) is 2.13. The van der Waals surface area contributed by atoms with Crippen molar-refractivity contribution in [3.63, 3.8) is 0 Å². The van der Waals surface area contributed by atoms with Gasteiger partial charge in [-0.2, -0.15) is 0 Å². The number of halogens is 1. The molecule has 4 nitrogen and oxygen atoms in total. The number of esters is 1. The molecule has 0 aliphatic carbocycles. The van der Waals surface area contributed by atoms with Gasteiger partial charge >= 0.3 is 5.97 Å².